The van der Waals surface area contributed by atoms with Gasteiger partial charge in [-0.1, -0.05) is 19.1 Å². The fraction of sp³-hybridized carbons (Fsp3) is 0.400. The average Bonchev–Trinajstić information content (AvgIpc) is 3.56. The van der Waals surface area contributed by atoms with Gasteiger partial charge in [0.1, 0.15) is 11.3 Å². The Morgan fingerprint density at radius 2 is 1.97 bits per heavy atom. The molecule has 0 unspecified atom stereocenters. The van der Waals surface area contributed by atoms with E-state index in [-0.39, 0.29) is 29.1 Å². The molecular formula is C25H24N4O6. The van der Waals surface area contributed by atoms with E-state index in [1.165, 1.54) is 25.3 Å². The van der Waals surface area contributed by atoms with E-state index < -0.39 is 34.1 Å². The Balaban J connectivity index is 1.53. The minimum absolute atomic E-state index is 0.0581. The van der Waals surface area contributed by atoms with Crippen molar-refractivity contribution < 1.29 is 24.0 Å². The van der Waals surface area contributed by atoms with Crippen LogP contribution >= 0.6 is 0 Å². The first-order valence-electron chi connectivity index (χ1n) is 11.8. The van der Waals surface area contributed by atoms with Crippen LogP contribution in [0, 0.1) is 22.0 Å². The Kier molecular flexibility index (Phi) is 4.56. The molecule has 0 aliphatic carbocycles. The van der Waals surface area contributed by atoms with Crippen molar-refractivity contribution in [3.63, 3.8) is 0 Å². The third-order valence-corrected chi connectivity index (χ3v) is 8.08. The molecule has 10 nitrogen and oxygen atoms in total. The Labute approximate surface area is 201 Å². The van der Waals surface area contributed by atoms with Crippen molar-refractivity contribution >= 4 is 34.8 Å². The maximum absolute atomic E-state index is 14.1. The second kappa shape index (κ2) is 7.35. The molecule has 4 heterocycles. The molecular weight excluding hydrogens is 452 g/mol. The summed E-state index contributed by atoms with van der Waals surface area (Å²) in [6.45, 7) is 2.66. The summed E-state index contributed by atoms with van der Waals surface area (Å²) in [4.78, 5) is 55.5. The first-order chi connectivity index (χ1) is 16.8. The van der Waals surface area contributed by atoms with E-state index >= 15 is 0 Å². The number of benzene rings is 2. The number of nitro benzene ring substituents is 1. The van der Waals surface area contributed by atoms with Gasteiger partial charge in [-0.25, -0.2) is 4.90 Å². The lowest BCUT2D eigenvalue weighted by Gasteiger charge is -2.36. The van der Waals surface area contributed by atoms with Gasteiger partial charge >= 0.3 is 0 Å². The fourth-order valence-electron chi connectivity index (χ4n) is 6.67. The molecule has 2 aromatic rings. The highest BCUT2D eigenvalue weighted by Crippen LogP contribution is 2.61. The van der Waals surface area contributed by atoms with E-state index in [1.807, 2.05) is 25.1 Å². The summed E-state index contributed by atoms with van der Waals surface area (Å²) in [5, 5.41) is 14.2. The lowest BCUT2D eigenvalue weighted by Crippen LogP contribution is -2.54. The third-order valence-electron chi connectivity index (χ3n) is 8.08. The number of rotatable bonds is 4. The molecule has 2 aromatic carbocycles. The van der Waals surface area contributed by atoms with Gasteiger partial charge in [0.05, 0.1) is 35.6 Å². The molecule has 4 aliphatic rings. The molecule has 3 fully saturated rings. The first kappa shape index (κ1) is 21.7. The third kappa shape index (κ3) is 2.60. The van der Waals surface area contributed by atoms with Crippen LogP contribution in [0.1, 0.15) is 30.9 Å². The van der Waals surface area contributed by atoms with Crippen molar-refractivity contribution in [2.24, 2.45) is 11.8 Å². The molecule has 10 heteroatoms. The lowest BCUT2D eigenvalue weighted by atomic mass is 9.75. The minimum atomic E-state index is -1.26. The average molecular weight is 476 g/mol. The molecule has 3 saturated heterocycles. The summed E-state index contributed by atoms with van der Waals surface area (Å²) in [5.74, 6) is -2.68. The van der Waals surface area contributed by atoms with Crippen molar-refractivity contribution in [3.8, 4) is 5.75 Å². The van der Waals surface area contributed by atoms with Crippen LogP contribution in [0.5, 0.6) is 5.75 Å². The molecule has 0 aromatic heterocycles. The molecule has 6 rings (SSSR count). The molecule has 0 saturated carbocycles. The van der Waals surface area contributed by atoms with E-state index in [4.69, 9.17) is 4.74 Å². The first-order valence-corrected chi connectivity index (χ1v) is 11.8. The SMILES string of the molecule is CCc1ccc2c(c1)[C@@]1(C(=O)N2)[C@H]2C(=O)N(c3ccc([N+](=O)[O-])cc3OC)C(=O)[C@@H]2[C@H]2CCCN21. The van der Waals surface area contributed by atoms with Gasteiger partial charge in [-0.05, 0) is 43.5 Å². The number of nitro groups is 1. The number of imide groups is 1. The van der Waals surface area contributed by atoms with Gasteiger partial charge in [0, 0.05) is 23.4 Å². The summed E-state index contributed by atoms with van der Waals surface area (Å²) in [5.41, 5.74) is 1.15. The second-order valence-electron chi connectivity index (χ2n) is 9.49. The highest BCUT2D eigenvalue weighted by Gasteiger charge is 2.74. The Morgan fingerprint density at radius 1 is 1.17 bits per heavy atom. The number of carbonyl (C=O) groups excluding carboxylic acids is 3. The molecule has 3 amide bonds. The zero-order valence-corrected chi connectivity index (χ0v) is 19.3. The van der Waals surface area contributed by atoms with Crippen LogP contribution in [0.15, 0.2) is 36.4 Å². The van der Waals surface area contributed by atoms with Gasteiger partial charge < -0.3 is 10.1 Å². The largest absolute Gasteiger partial charge is 0.494 e. The number of methoxy groups -OCH3 is 1. The lowest BCUT2D eigenvalue weighted by molar-refractivity contribution is -0.384. The maximum atomic E-state index is 14.1. The number of non-ortho nitro benzene ring substituents is 1. The van der Waals surface area contributed by atoms with E-state index in [0.29, 0.717) is 18.7 Å². The highest BCUT2D eigenvalue weighted by atomic mass is 16.6. The van der Waals surface area contributed by atoms with E-state index in [0.717, 1.165) is 28.9 Å². The van der Waals surface area contributed by atoms with Crippen LogP contribution in [-0.4, -0.2) is 47.2 Å². The standard InChI is InChI=1S/C25H24N4O6/c1-3-13-6-8-16-15(11-13)25(24(32)26-16)21-20(18-5-4-10-27(18)25)22(30)28(23(21)31)17-9-7-14(29(33)34)12-19(17)35-2/h6-9,11-12,18,20-21H,3-5,10H2,1-2H3,(H,26,32)/t18-,20-,21-,25+/m1/s1. The molecule has 1 N–H and O–H groups in total. The number of nitrogens with zero attached hydrogens (tertiary/aromatic N) is 3. The van der Waals surface area contributed by atoms with Crippen LogP contribution in [-0.2, 0) is 26.3 Å². The van der Waals surface area contributed by atoms with Gasteiger partial charge in [0.15, 0.2) is 0 Å². The number of hydrogen-bond acceptors (Lipinski definition) is 7. The summed E-state index contributed by atoms with van der Waals surface area (Å²) in [6, 6.07) is 9.39. The van der Waals surface area contributed by atoms with Gasteiger partial charge in [0.2, 0.25) is 17.7 Å². The van der Waals surface area contributed by atoms with Gasteiger partial charge in [0.25, 0.3) is 5.69 Å². The fourth-order valence-corrected chi connectivity index (χ4v) is 6.67. The Morgan fingerprint density at radius 3 is 2.69 bits per heavy atom. The summed E-state index contributed by atoms with van der Waals surface area (Å²) in [6.07, 6.45) is 2.31. The van der Waals surface area contributed by atoms with Crippen LogP contribution in [0.25, 0.3) is 0 Å². The van der Waals surface area contributed by atoms with Gasteiger partial charge in [-0.3, -0.25) is 29.4 Å². The second-order valence-corrected chi connectivity index (χ2v) is 9.49. The van der Waals surface area contributed by atoms with Crippen molar-refractivity contribution in [1.82, 2.24) is 4.90 Å². The summed E-state index contributed by atoms with van der Waals surface area (Å²) < 4.78 is 5.34. The van der Waals surface area contributed by atoms with Crippen LogP contribution in [0.3, 0.4) is 0 Å². The summed E-state index contributed by atoms with van der Waals surface area (Å²) in [7, 11) is 1.33. The number of nitrogens with one attached hydrogen (secondary N) is 1. The molecule has 1 spiro atoms. The number of carbonyl (C=O) groups is 3. The Bertz CT molecular complexity index is 1330. The van der Waals surface area contributed by atoms with Crippen molar-refractivity contribution in [2.75, 3.05) is 23.9 Å². The predicted molar refractivity (Wildman–Crippen MR) is 125 cm³/mol. The van der Waals surface area contributed by atoms with Crippen molar-refractivity contribution in [2.45, 2.75) is 37.8 Å². The number of anilines is 2. The normalized spacial score (nSPS) is 28.9. The maximum Gasteiger partial charge on any atom is 0.273 e. The smallest absolute Gasteiger partial charge is 0.273 e. The molecule has 35 heavy (non-hydrogen) atoms. The predicted octanol–water partition coefficient (Wildman–Crippen LogP) is 2.60. The van der Waals surface area contributed by atoms with Crippen LogP contribution in [0.2, 0.25) is 0 Å². The molecule has 4 atom stereocenters. The van der Waals surface area contributed by atoms with E-state index in [9.17, 15) is 24.5 Å². The number of aryl methyl sites for hydroxylation is 1. The molecule has 4 aliphatic heterocycles. The number of ether oxygens (including phenoxy) is 1. The van der Waals surface area contributed by atoms with Crippen molar-refractivity contribution in [3.05, 3.63) is 57.6 Å². The topological polar surface area (TPSA) is 122 Å². The van der Waals surface area contributed by atoms with Gasteiger partial charge in [-0.15, -0.1) is 0 Å². The Hall–Kier alpha value is -3.79. The van der Waals surface area contributed by atoms with Crippen LogP contribution in [0.4, 0.5) is 17.1 Å². The zero-order valence-electron chi connectivity index (χ0n) is 19.3. The van der Waals surface area contributed by atoms with Crippen LogP contribution < -0.4 is 15.0 Å². The van der Waals surface area contributed by atoms with E-state index in [2.05, 4.69) is 10.2 Å². The number of fused-ring (bicyclic) bond motifs is 7. The highest BCUT2D eigenvalue weighted by molar-refractivity contribution is 6.26. The minimum Gasteiger partial charge on any atom is -0.494 e. The number of hydrogen-bond donors (Lipinski definition) is 1. The molecule has 0 radical (unpaired) electrons. The van der Waals surface area contributed by atoms with E-state index in [1.54, 1.807) is 0 Å². The monoisotopic (exact) mass is 476 g/mol. The zero-order chi connectivity index (χ0) is 24.6. The quantitative estimate of drug-likeness (QED) is 0.409. The molecule has 0 bridgehead atoms. The number of amides is 3. The molecule has 180 valence electrons. The van der Waals surface area contributed by atoms with Crippen molar-refractivity contribution in [1.29, 1.82) is 0 Å². The van der Waals surface area contributed by atoms with Gasteiger partial charge in [-0.2, -0.15) is 0 Å². The summed E-state index contributed by atoms with van der Waals surface area (Å²) >= 11 is 0.